The summed E-state index contributed by atoms with van der Waals surface area (Å²) in [5, 5.41) is 3.01. The second-order valence-electron chi connectivity index (χ2n) is 4.52. The Morgan fingerprint density at radius 1 is 1.44 bits per heavy atom. The quantitative estimate of drug-likeness (QED) is 0.848. The van der Waals surface area contributed by atoms with Gasteiger partial charge in [-0.15, -0.1) is 0 Å². The highest BCUT2D eigenvalue weighted by atomic mass is 79.9. The molecule has 3 nitrogen and oxygen atoms in total. The number of nitrogens with two attached hydrogens (primary N) is 1. The molecule has 1 unspecified atom stereocenters. The Bertz CT molecular complexity index is 391. The molecule has 0 saturated carbocycles. The van der Waals surface area contributed by atoms with E-state index in [1.54, 1.807) is 0 Å². The topological polar surface area (TPSA) is 55.1 Å². The van der Waals surface area contributed by atoms with Crippen LogP contribution in [0.5, 0.6) is 0 Å². The average Bonchev–Trinajstić information content (AvgIpc) is 2.36. The lowest BCUT2D eigenvalue weighted by Gasteiger charge is -2.18. The summed E-state index contributed by atoms with van der Waals surface area (Å²) in [5.41, 5.74) is 6.70. The third-order valence-electron chi connectivity index (χ3n) is 3.13. The van der Waals surface area contributed by atoms with Crippen molar-refractivity contribution in [3.05, 3.63) is 34.3 Å². The second-order valence-corrected chi connectivity index (χ2v) is 5.38. The van der Waals surface area contributed by atoms with Gasteiger partial charge in [-0.25, -0.2) is 0 Å². The molecule has 1 aromatic rings. The lowest BCUT2D eigenvalue weighted by atomic mass is 10.0. The molecule has 18 heavy (non-hydrogen) atoms. The van der Waals surface area contributed by atoms with E-state index < -0.39 is 0 Å². The zero-order chi connectivity index (χ0) is 13.5. The van der Waals surface area contributed by atoms with Crippen LogP contribution in [0.15, 0.2) is 28.7 Å². The van der Waals surface area contributed by atoms with E-state index in [1.165, 1.54) is 0 Å². The zero-order valence-electron chi connectivity index (χ0n) is 10.9. The first-order valence-electron chi connectivity index (χ1n) is 6.32. The van der Waals surface area contributed by atoms with Gasteiger partial charge in [0, 0.05) is 10.9 Å². The summed E-state index contributed by atoms with van der Waals surface area (Å²) in [7, 11) is 0. The Morgan fingerprint density at radius 2 is 2.11 bits per heavy atom. The first-order valence-corrected chi connectivity index (χ1v) is 7.11. The van der Waals surface area contributed by atoms with Gasteiger partial charge in [0.05, 0.1) is 6.04 Å². The van der Waals surface area contributed by atoms with Crippen molar-refractivity contribution in [1.29, 1.82) is 0 Å². The molecule has 0 saturated heterocycles. The molecule has 0 aliphatic carbocycles. The van der Waals surface area contributed by atoms with Crippen molar-refractivity contribution in [2.24, 2.45) is 11.7 Å². The van der Waals surface area contributed by atoms with Crippen LogP contribution in [-0.4, -0.2) is 12.5 Å². The number of hydrogen-bond donors (Lipinski definition) is 2. The molecule has 1 rings (SSSR count). The summed E-state index contributed by atoms with van der Waals surface area (Å²) in [5.74, 6) is 0.340. The third-order valence-corrected chi connectivity index (χ3v) is 3.86. The van der Waals surface area contributed by atoms with E-state index in [2.05, 4.69) is 28.2 Å². The molecule has 0 heterocycles. The number of amides is 1. The van der Waals surface area contributed by atoms with Crippen molar-refractivity contribution < 1.29 is 4.79 Å². The highest BCUT2D eigenvalue weighted by Crippen LogP contribution is 2.22. The van der Waals surface area contributed by atoms with E-state index in [-0.39, 0.29) is 17.9 Å². The Labute approximate surface area is 117 Å². The molecule has 4 heteroatoms. The first-order chi connectivity index (χ1) is 8.58. The number of rotatable bonds is 6. The summed E-state index contributed by atoms with van der Waals surface area (Å²) < 4.78 is 1.02. The van der Waals surface area contributed by atoms with Crippen molar-refractivity contribution in [1.82, 2.24) is 5.32 Å². The van der Waals surface area contributed by atoms with E-state index in [0.29, 0.717) is 13.0 Å². The normalized spacial score (nSPS) is 14.0. The smallest absolute Gasteiger partial charge is 0.220 e. The molecular formula is C14H21BrN2O. The average molecular weight is 313 g/mol. The predicted octanol–water partition coefficient (Wildman–Crippen LogP) is 3.00. The molecule has 2 atom stereocenters. The number of hydrogen-bond acceptors (Lipinski definition) is 2. The summed E-state index contributed by atoms with van der Waals surface area (Å²) in [6, 6.07) is 7.92. The highest BCUT2D eigenvalue weighted by Gasteiger charge is 2.14. The number of carbonyl (C=O) groups excluding carboxylic acids is 1. The standard InChI is InChI=1S/C14H21BrN2O/c1-3-11(9-16)8-14(18)17-10(2)12-6-4-5-7-13(12)15/h4-7,10-11H,3,8-9,16H2,1-2H3,(H,17,18)/t10-,11?/m0/s1. The lowest BCUT2D eigenvalue weighted by molar-refractivity contribution is -0.122. The molecule has 0 bridgehead atoms. The minimum Gasteiger partial charge on any atom is -0.350 e. The second kappa shape index (κ2) is 7.54. The van der Waals surface area contributed by atoms with Crippen molar-refractivity contribution in [2.75, 3.05) is 6.54 Å². The Morgan fingerprint density at radius 3 is 2.67 bits per heavy atom. The van der Waals surface area contributed by atoms with Gasteiger partial charge in [0.25, 0.3) is 0 Å². The van der Waals surface area contributed by atoms with E-state index in [0.717, 1.165) is 16.5 Å². The van der Waals surface area contributed by atoms with Gasteiger partial charge >= 0.3 is 0 Å². The Balaban J connectivity index is 2.57. The number of nitrogens with one attached hydrogen (secondary N) is 1. The summed E-state index contributed by atoms with van der Waals surface area (Å²) in [6.45, 7) is 4.61. The molecule has 1 aromatic carbocycles. The van der Waals surface area contributed by atoms with Crippen LogP contribution in [0, 0.1) is 5.92 Å². The van der Waals surface area contributed by atoms with E-state index >= 15 is 0 Å². The fourth-order valence-corrected chi connectivity index (χ4v) is 2.49. The van der Waals surface area contributed by atoms with Crippen LogP contribution in [0.1, 0.15) is 38.3 Å². The largest absolute Gasteiger partial charge is 0.350 e. The number of benzene rings is 1. The fraction of sp³-hybridized carbons (Fsp3) is 0.500. The van der Waals surface area contributed by atoms with E-state index in [9.17, 15) is 4.79 Å². The highest BCUT2D eigenvalue weighted by molar-refractivity contribution is 9.10. The third kappa shape index (κ3) is 4.42. The van der Waals surface area contributed by atoms with Crippen molar-refractivity contribution in [3.63, 3.8) is 0 Å². The maximum Gasteiger partial charge on any atom is 0.220 e. The molecule has 0 radical (unpaired) electrons. The van der Waals surface area contributed by atoms with Gasteiger partial charge < -0.3 is 11.1 Å². The zero-order valence-corrected chi connectivity index (χ0v) is 12.5. The van der Waals surface area contributed by atoms with Gasteiger partial charge in [-0.3, -0.25) is 4.79 Å². The maximum atomic E-state index is 11.9. The van der Waals surface area contributed by atoms with E-state index in [4.69, 9.17) is 5.73 Å². The van der Waals surface area contributed by atoms with Gasteiger partial charge in [-0.05, 0) is 31.0 Å². The first kappa shape index (κ1) is 15.2. The summed E-state index contributed by atoms with van der Waals surface area (Å²) in [6.07, 6.45) is 1.44. The molecule has 0 aliphatic rings. The summed E-state index contributed by atoms with van der Waals surface area (Å²) in [4.78, 5) is 11.9. The molecule has 1 amide bonds. The van der Waals surface area contributed by atoms with Crippen LogP contribution in [0.25, 0.3) is 0 Å². The molecule has 100 valence electrons. The fourth-order valence-electron chi connectivity index (χ4n) is 1.86. The Kier molecular flexibility index (Phi) is 6.36. The maximum absolute atomic E-state index is 11.9. The van der Waals surface area contributed by atoms with Crippen molar-refractivity contribution >= 4 is 21.8 Å². The SMILES string of the molecule is CCC(CN)CC(=O)N[C@@H](C)c1ccccc1Br. The van der Waals surface area contributed by atoms with Gasteiger partial charge in [0.15, 0.2) is 0 Å². The van der Waals surface area contributed by atoms with Crippen LogP contribution in [0.4, 0.5) is 0 Å². The van der Waals surface area contributed by atoms with Crippen LogP contribution >= 0.6 is 15.9 Å². The minimum atomic E-state index is 0.00311. The number of carbonyl (C=O) groups is 1. The molecule has 0 aliphatic heterocycles. The summed E-state index contributed by atoms with van der Waals surface area (Å²) >= 11 is 3.49. The van der Waals surface area contributed by atoms with Crippen molar-refractivity contribution in [2.45, 2.75) is 32.7 Å². The van der Waals surface area contributed by atoms with Crippen LogP contribution in [0.3, 0.4) is 0 Å². The van der Waals surface area contributed by atoms with Crippen LogP contribution in [0.2, 0.25) is 0 Å². The van der Waals surface area contributed by atoms with Crippen LogP contribution in [-0.2, 0) is 4.79 Å². The molecule has 0 aromatic heterocycles. The molecule has 3 N–H and O–H groups in total. The number of halogens is 1. The monoisotopic (exact) mass is 312 g/mol. The Hall–Kier alpha value is -0.870. The van der Waals surface area contributed by atoms with Gasteiger partial charge in [-0.2, -0.15) is 0 Å². The minimum absolute atomic E-state index is 0.00311. The van der Waals surface area contributed by atoms with Crippen LogP contribution < -0.4 is 11.1 Å². The lowest BCUT2D eigenvalue weighted by Crippen LogP contribution is -2.30. The van der Waals surface area contributed by atoms with Gasteiger partial charge in [0.2, 0.25) is 5.91 Å². The predicted molar refractivity (Wildman–Crippen MR) is 78.2 cm³/mol. The molecular weight excluding hydrogens is 292 g/mol. The van der Waals surface area contributed by atoms with E-state index in [1.807, 2.05) is 31.2 Å². The van der Waals surface area contributed by atoms with Gasteiger partial charge in [0.1, 0.15) is 0 Å². The van der Waals surface area contributed by atoms with Crippen molar-refractivity contribution in [3.8, 4) is 0 Å². The van der Waals surface area contributed by atoms with Gasteiger partial charge in [-0.1, -0.05) is 47.5 Å². The molecule has 0 fully saturated rings. The molecule has 0 spiro atoms.